The van der Waals surface area contributed by atoms with Crippen LogP contribution >= 0.6 is 0 Å². The summed E-state index contributed by atoms with van der Waals surface area (Å²) < 4.78 is 6.23. The molecule has 156 valence electrons. The number of para-hydroxylation sites is 1. The number of carbonyl (C=O) groups excluding carboxylic acids is 1. The lowest BCUT2D eigenvalue weighted by molar-refractivity contribution is -0.138. The van der Waals surface area contributed by atoms with E-state index in [2.05, 4.69) is 24.3 Å². The van der Waals surface area contributed by atoms with E-state index in [0.717, 1.165) is 22.1 Å². The summed E-state index contributed by atoms with van der Waals surface area (Å²) in [6, 6.07) is 25.6. The highest BCUT2D eigenvalue weighted by Gasteiger charge is 2.25. The summed E-state index contributed by atoms with van der Waals surface area (Å²) in [4.78, 5) is 24.4. The van der Waals surface area contributed by atoms with Crippen LogP contribution in [-0.4, -0.2) is 28.8 Å². The fraction of sp³-hybridized carbons (Fsp3) is 0.154. The zero-order valence-corrected chi connectivity index (χ0v) is 17.2. The van der Waals surface area contributed by atoms with Gasteiger partial charge in [0.1, 0.15) is 0 Å². The maximum atomic E-state index is 12.2. The fourth-order valence-corrected chi connectivity index (χ4v) is 3.99. The van der Waals surface area contributed by atoms with E-state index < -0.39 is 18.0 Å². The van der Waals surface area contributed by atoms with Crippen LogP contribution in [0.15, 0.2) is 85.1 Å². The fourth-order valence-electron chi connectivity index (χ4n) is 3.99. The number of fused-ring (bicyclic) bond motifs is 1. The van der Waals surface area contributed by atoms with Crippen LogP contribution in [0.2, 0.25) is 0 Å². The minimum Gasteiger partial charge on any atom is -0.481 e. The van der Waals surface area contributed by atoms with Crippen LogP contribution in [0, 0.1) is 0 Å². The molecule has 0 saturated carbocycles. The molecule has 0 aliphatic heterocycles. The van der Waals surface area contributed by atoms with Gasteiger partial charge in [0, 0.05) is 11.6 Å². The van der Waals surface area contributed by atoms with Gasteiger partial charge in [-0.25, -0.2) is 4.79 Å². The maximum Gasteiger partial charge on any atom is 0.418 e. The lowest BCUT2D eigenvalue weighted by Crippen LogP contribution is -2.13. The summed E-state index contributed by atoms with van der Waals surface area (Å²) in [5, 5.41) is 10.7. The molecule has 1 heterocycles. The Morgan fingerprint density at radius 2 is 1.65 bits per heavy atom. The molecule has 4 rings (SSSR count). The number of carboxylic acids is 1. The van der Waals surface area contributed by atoms with Crippen LogP contribution in [0.3, 0.4) is 0 Å². The Bertz CT molecular complexity index is 1230. The highest BCUT2D eigenvalue weighted by Crippen LogP contribution is 2.32. The number of ether oxygens (including phenoxy) is 1. The predicted octanol–water partition coefficient (Wildman–Crippen LogP) is 5.72. The van der Waals surface area contributed by atoms with E-state index in [9.17, 15) is 14.7 Å². The van der Waals surface area contributed by atoms with Crippen molar-refractivity contribution in [3.63, 3.8) is 0 Å². The van der Waals surface area contributed by atoms with Gasteiger partial charge in [0.2, 0.25) is 0 Å². The normalized spacial score (nSPS) is 11.9. The molecule has 31 heavy (non-hydrogen) atoms. The van der Waals surface area contributed by atoms with E-state index in [0.29, 0.717) is 23.9 Å². The number of carboxylic acid groups (broad SMARTS) is 1. The van der Waals surface area contributed by atoms with Gasteiger partial charge in [-0.1, -0.05) is 72.8 Å². The molecule has 0 radical (unpaired) electrons. The summed E-state index contributed by atoms with van der Waals surface area (Å²) in [5.74, 6) is -1.65. The quantitative estimate of drug-likeness (QED) is 0.439. The molecule has 0 aliphatic rings. The number of methoxy groups -OCH3 is 1. The second-order valence-electron chi connectivity index (χ2n) is 7.44. The van der Waals surface area contributed by atoms with Gasteiger partial charge in [-0.2, -0.15) is 0 Å². The third-order valence-electron chi connectivity index (χ3n) is 5.54. The zero-order valence-electron chi connectivity index (χ0n) is 17.2. The van der Waals surface area contributed by atoms with Crippen molar-refractivity contribution in [2.45, 2.75) is 18.8 Å². The molecule has 1 atom stereocenters. The lowest BCUT2D eigenvalue weighted by Gasteiger charge is -2.12. The number of benzene rings is 3. The molecule has 3 aromatic carbocycles. The van der Waals surface area contributed by atoms with Gasteiger partial charge in [0.25, 0.3) is 0 Å². The van der Waals surface area contributed by atoms with Crippen LogP contribution in [0.1, 0.15) is 23.5 Å². The second kappa shape index (κ2) is 8.88. The first-order chi connectivity index (χ1) is 15.1. The Kier molecular flexibility index (Phi) is 5.85. The van der Waals surface area contributed by atoms with Crippen molar-refractivity contribution < 1.29 is 19.4 Å². The molecule has 0 fully saturated rings. The molecule has 0 spiro atoms. The van der Waals surface area contributed by atoms with Gasteiger partial charge in [0.15, 0.2) is 0 Å². The van der Waals surface area contributed by atoms with E-state index in [4.69, 9.17) is 4.74 Å². The second-order valence-corrected chi connectivity index (χ2v) is 7.44. The number of carbonyl (C=O) groups is 2. The predicted molar refractivity (Wildman–Crippen MR) is 120 cm³/mol. The molecule has 0 saturated heterocycles. The SMILES string of the molecule is COC(=O)n1cc(C(CCc2cccc(-c3ccccc3)c2)C(=O)O)c2ccccc21. The standard InChI is InChI=1S/C26H23NO4/c1-31-26(30)27-17-23(21-12-5-6-13-24(21)27)22(25(28)29)15-14-18-8-7-11-20(16-18)19-9-3-2-4-10-19/h2-13,16-17,22H,14-15H2,1H3,(H,28,29). The smallest absolute Gasteiger partial charge is 0.418 e. The molecule has 0 amide bonds. The Balaban J connectivity index is 1.63. The number of hydrogen-bond donors (Lipinski definition) is 1. The molecule has 1 aromatic heterocycles. The van der Waals surface area contributed by atoms with Crippen molar-refractivity contribution in [1.29, 1.82) is 0 Å². The maximum absolute atomic E-state index is 12.2. The van der Waals surface area contributed by atoms with Crippen LogP contribution < -0.4 is 0 Å². The minimum absolute atomic E-state index is 0.419. The van der Waals surface area contributed by atoms with E-state index in [-0.39, 0.29) is 0 Å². The van der Waals surface area contributed by atoms with E-state index in [1.165, 1.54) is 11.7 Å². The molecule has 4 aromatic rings. The zero-order chi connectivity index (χ0) is 21.8. The first kappa shape index (κ1) is 20.4. The van der Waals surface area contributed by atoms with Crippen LogP contribution in [-0.2, 0) is 16.0 Å². The monoisotopic (exact) mass is 413 g/mol. The Labute approximate surface area is 180 Å². The number of aromatic nitrogens is 1. The first-order valence-electron chi connectivity index (χ1n) is 10.1. The van der Waals surface area contributed by atoms with Crippen molar-refractivity contribution in [1.82, 2.24) is 4.57 Å². The topological polar surface area (TPSA) is 68.5 Å². The summed E-state index contributed by atoms with van der Waals surface area (Å²) in [7, 11) is 1.31. The number of nitrogens with zero attached hydrogens (tertiary/aromatic N) is 1. The summed E-state index contributed by atoms with van der Waals surface area (Å²) in [5.41, 5.74) is 4.56. The third kappa shape index (κ3) is 4.21. The van der Waals surface area contributed by atoms with Crippen LogP contribution in [0.5, 0.6) is 0 Å². The lowest BCUT2D eigenvalue weighted by atomic mass is 9.91. The molecular weight excluding hydrogens is 390 g/mol. The molecule has 1 N–H and O–H groups in total. The molecular formula is C26H23NO4. The van der Waals surface area contributed by atoms with Crippen molar-refractivity contribution in [3.8, 4) is 11.1 Å². The average molecular weight is 413 g/mol. The van der Waals surface area contributed by atoms with Crippen LogP contribution in [0.4, 0.5) is 4.79 Å². The molecule has 0 bridgehead atoms. The minimum atomic E-state index is -0.910. The van der Waals surface area contributed by atoms with Gasteiger partial charge >= 0.3 is 12.1 Å². The molecule has 5 nitrogen and oxygen atoms in total. The highest BCUT2D eigenvalue weighted by atomic mass is 16.5. The number of hydrogen-bond acceptors (Lipinski definition) is 3. The van der Waals surface area contributed by atoms with E-state index >= 15 is 0 Å². The van der Waals surface area contributed by atoms with Crippen LogP contribution in [0.25, 0.3) is 22.0 Å². The number of aliphatic carboxylic acids is 1. The molecule has 1 unspecified atom stereocenters. The Morgan fingerprint density at radius 1 is 0.935 bits per heavy atom. The number of aryl methyl sites for hydroxylation is 1. The third-order valence-corrected chi connectivity index (χ3v) is 5.54. The van der Waals surface area contributed by atoms with Gasteiger partial charge in [-0.3, -0.25) is 9.36 Å². The Hall–Kier alpha value is -3.86. The number of rotatable bonds is 6. The summed E-state index contributed by atoms with van der Waals surface area (Å²) in [6.07, 6.45) is 2.08. The summed E-state index contributed by atoms with van der Waals surface area (Å²) in [6.45, 7) is 0. The van der Waals surface area contributed by atoms with Crippen molar-refractivity contribution >= 4 is 23.0 Å². The van der Waals surface area contributed by atoms with Crippen molar-refractivity contribution in [2.75, 3.05) is 7.11 Å². The van der Waals surface area contributed by atoms with Gasteiger partial charge < -0.3 is 9.84 Å². The summed E-state index contributed by atoms with van der Waals surface area (Å²) >= 11 is 0. The largest absolute Gasteiger partial charge is 0.481 e. The van der Waals surface area contributed by atoms with E-state index in [1.807, 2.05) is 48.5 Å². The van der Waals surface area contributed by atoms with Crippen molar-refractivity contribution in [3.05, 3.63) is 96.2 Å². The average Bonchev–Trinajstić information content (AvgIpc) is 3.19. The molecule has 0 aliphatic carbocycles. The van der Waals surface area contributed by atoms with E-state index in [1.54, 1.807) is 12.3 Å². The Morgan fingerprint density at radius 3 is 2.39 bits per heavy atom. The van der Waals surface area contributed by atoms with Gasteiger partial charge in [-0.15, -0.1) is 0 Å². The van der Waals surface area contributed by atoms with Crippen molar-refractivity contribution in [2.24, 2.45) is 0 Å². The van der Waals surface area contributed by atoms with Gasteiger partial charge in [0.05, 0.1) is 18.5 Å². The molecule has 5 heteroatoms. The first-order valence-corrected chi connectivity index (χ1v) is 10.1. The highest BCUT2D eigenvalue weighted by molar-refractivity contribution is 5.95. The van der Waals surface area contributed by atoms with Gasteiger partial charge in [-0.05, 0) is 41.2 Å².